The lowest BCUT2D eigenvalue weighted by Gasteiger charge is -2.03. The molecule has 0 aliphatic heterocycles. The van der Waals surface area contributed by atoms with Crippen molar-refractivity contribution < 1.29 is 10.0 Å². The Kier molecular flexibility index (Phi) is 3.11. The van der Waals surface area contributed by atoms with E-state index in [1.54, 1.807) is 18.2 Å². The van der Waals surface area contributed by atoms with Crippen LogP contribution >= 0.6 is 11.6 Å². The molecule has 0 fully saturated rings. The van der Waals surface area contributed by atoms with Crippen LogP contribution in [0.3, 0.4) is 0 Å². The van der Waals surface area contributed by atoms with Gasteiger partial charge in [0.05, 0.1) is 0 Å². The van der Waals surface area contributed by atoms with Crippen LogP contribution in [0.15, 0.2) is 18.2 Å². The molecule has 1 rings (SSSR count). The van der Waals surface area contributed by atoms with Crippen molar-refractivity contribution in [3.05, 3.63) is 28.8 Å². The lowest BCUT2D eigenvalue weighted by atomic mass is 9.80. The van der Waals surface area contributed by atoms with Crippen molar-refractivity contribution >= 4 is 24.2 Å². The lowest BCUT2D eigenvalue weighted by molar-refractivity contribution is 0.426. The Balaban J connectivity index is 3.03. The summed E-state index contributed by atoms with van der Waals surface area (Å²) in [4.78, 5) is 0. The Labute approximate surface area is 75.9 Å². The molecule has 0 atom stereocenters. The first-order valence-electron chi connectivity index (χ1n) is 3.49. The molecule has 0 saturated carbocycles. The van der Waals surface area contributed by atoms with Crippen molar-refractivity contribution in [2.75, 3.05) is 0 Å². The molecular formula is C7H9BClNO2. The van der Waals surface area contributed by atoms with E-state index in [2.05, 4.69) is 0 Å². The minimum Gasteiger partial charge on any atom is -0.423 e. The van der Waals surface area contributed by atoms with Gasteiger partial charge in [0.2, 0.25) is 0 Å². The highest BCUT2D eigenvalue weighted by atomic mass is 35.5. The molecule has 0 saturated heterocycles. The summed E-state index contributed by atoms with van der Waals surface area (Å²) in [6.07, 6.45) is 0. The largest absolute Gasteiger partial charge is 0.489 e. The first-order chi connectivity index (χ1) is 5.65. The van der Waals surface area contributed by atoms with Gasteiger partial charge < -0.3 is 15.8 Å². The SMILES string of the molecule is NCc1ccc(B(O)O)c(Cl)c1. The number of nitrogens with two attached hydrogens (primary N) is 1. The average Bonchev–Trinajstić information content (AvgIpc) is 2.03. The fourth-order valence-corrected chi connectivity index (χ4v) is 1.21. The number of halogens is 1. The zero-order valence-corrected chi connectivity index (χ0v) is 7.12. The van der Waals surface area contributed by atoms with Crippen molar-refractivity contribution in [1.29, 1.82) is 0 Å². The van der Waals surface area contributed by atoms with Crippen LogP contribution in [0.5, 0.6) is 0 Å². The van der Waals surface area contributed by atoms with Gasteiger partial charge in [0.1, 0.15) is 0 Å². The van der Waals surface area contributed by atoms with E-state index in [1.807, 2.05) is 0 Å². The van der Waals surface area contributed by atoms with Crippen molar-refractivity contribution in [3.63, 3.8) is 0 Å². The van der Waals surface area contributed by atoms with Gasteiger partial charge in [0.25, 0.3) is 0 Å². The van der Waals surface area contributed by atoms with Crippen molar-refractivity contribution in [1.82, 2.24) is 0 Å². The van der Waals surface area contributed by atoms with Gasteiger partial charge in [-0.3, -0.25) is 0 Å². The summed E-state index contributed by atoms with van der Waals surface area (Å²) in [7, 11) is -1.52. The second-order valence-electron chi connectivity index (χ2n) is 2.43. The number of benzene rings is 1. The predicted molar refractivity (Wildman–Crippen MR) is 49.2 cm³/mol. The van der Waals surface area contributed by atoms with Crippen LogP contribution in [0.1, 0.15) is 5.56 Å². The summed E-state index contributed by atoms with van der Waals surface area (Å²) in [6, 6.07) is 4.88. The van der Waals surface area contributed by atoms with Crippen LogP contribution in [-0.4, -0.2) is 17.2 Å². The Bertz CT molecular complexity index is 280. The van der Waals surface area contributed by atoms with Crippen LogP contribution in [0.25, 0.3) is 0 Å². The molecule has 0 spiro atoms. The predicted octanol–water partition coefficient (Wildman–Crippen LogP) is -0.522. The molecule has 0 unspecified atom stereocenters. The van der Waals surface area contributed by atoms with E-state index in [4.69, 9.17) is 27.4 Å². The van der Waals surface area contributed by atoms with Crippen LogP contribution < -0.4 is 11.2 Å². The maximum atomic E-state index is 8.81. The molecule has 5 heteroatoms. The molecule has 0 aromatic heterocycles. The Morgan fingerprint density at radius 2 is 2.08 bits per heavy atom. The summed E-state index contributed by atoms with van der Waals surface area (Å²) in [5.41, 5.74) is 6.53. The monoisotopic (exact) mass is 185 g/mol. The zero-order valence-electron chi connectivity index (χ0n) is 6.37. The molecule has 0 heterocycles. The maximum Gasteiger partial charge on any atom is 0.489 e. The van der Waals surface area contributed by atoms with Crippen LogP contribution in [-0.2, 0) is 6.54 Å². The quantitative estimate of drug-likeness (QED) is 0.543. The zero-order chi connectivity index (χ0) is 9.14. The molecular weight excluding hydrogens is 176 g/mol. The van der Waals surface area contributed by atoms with E-state index < -0.39 is 7.12 Å². The molecule has 4 N–H and O–H groups in total. The highest BCUT2D eigenvalue weighted by Gasteiger charge is 2.14. The van der Waals surface area contributed by atoms with Gasteiger partial charge in [-0.1, -0.05) is 23.7 Å². The van der Waals surface area contributed by atoms with E-state index in [-0.39, 0.29) is 0 Å². The molecule has 12 heavy (non-hydrogen) atoms. The summed E-state index contributed by atoms with van der Waals surface area (Å²) in [5, 5.41) is 17.9. The first kappa shape index (κ1) is 9.54. The van der Waals surface area contributed by atoms with Gasteiger partial charge in [-0.05, 0) is 11.6 Å². The number of hydrogen-bond donors (Lipinski definition) is 3. The third-order valence-electron chi connectivity index (χ3n) is 1.58. The van der Waals surface area contributed by atoms with E-state index in [9.17, 15) is 0 Å². The highest BCUT2D eigenvalue weighted by Crippen LogP contribution is 2.08. The number of hydrogen-bond acceptors (Lipinski definition) is 3. The topological polar surface area (TPSA) is 66.5 Å². The van der Waals surface area contributed by atoms with Gasteiger partial charge in [-0.25, -0.2) is 0 Å². The molecule has 1 aromatic carbocycles. The summed E-state index contributed by atoms with van der Waals surface area (Å²) >= 11 is 5.73. The Hall–Kier alpha value is -0.545. The summed E-state index contributed by atoms with van der Waals surface area (Å²) < 4.78 is 0. The number of rotatable bonds is 2. The van der Waals surface area contributed by atoms with Crippen molar-refractivity contribution in [2.24, 2.45) is 5.73 Å². The Morgan fingerprint density at radius 3 is 2.50 bits per heavy atom. The van der Waals surface area contributed by atoms with E-state index in [0.717, 1.165) is 5.56 Å². The van der Waals surface area contributed by atoms with Crippen LogP contribution in [0.2, 0.25) is 5.02 Å². The minimum absolute atomic E-state index is 0.300. The smallest absolute Gasteiger partial charge is 0.423 e. The summed E-state index contributed by atoms with van der Waals surface area (Å²) in [5.74, 6) is 0. The van der Waals surface area contributed by atoms with E-state index >= 15 is 0 Å². The lowest BCUT2D eigenvalue weighted by Crippen LogP contribution is -2.30. The second kappa shape index (κ2) is 3.91. The third kappa shape index (κ3) is 1.98. The van der Waals surface area contributed by atoms with Crippen LogP contribution in [0.4, 0.5) is 0 Å². The molecule has 0 aliphatic carbocycles. The molecule has 0 aliphatic rings. The van der Waals surface area contributed by atoms with Gasteiger partial charge in [0.15, 0.2) is 0 Å². The molecule has 64 valence electrons. The highest BCUT2D eigenvalue weighted by molar-refractivity contribution is 6.62. The summed E-state index contributed by atoms with van der Waals surface area (Å²) in [6.45, 7) is 0.390. The van der Waals surface area contributed by atoms with Gasteiger partial charge in [-0.15, -0.1) is 0 Å². The van der Waals surface area contributed by atoms with Gasteiger partial charge in [-0.2, -0.15) is 0 Å². The average molecular weight is 185 g/mol. The fraction of sp³-hybridized carbons (Fsp3) is 0.143. The molecule has 3 nitrogen and oxygen atoms in total. The third-order valence-corrected chi connectivity index (χ3v) is 1.91. The normalized spacial score (nSPS) is 10.0. The van der Waals surface area contributed by atoms with Crippen molar-refractivity contribution in [3.8, 4) is 0 Å². The van der Waals surface area contributed by atoms with E-state index in [0.29, 0.717) is 17.0 Å². The van der Waals surface area contributed by atoms with Gasteiger partial charge in [0, 0.05) is 17.0 Å². The molecule has 0 bridgehead atoms. The maximum absolute atomic E-state index is 8.81. The molecule has 0 radical (unpaired) electrons. The van der Waals surface area contributed by atoms with Gasteiger partial charge >= 0.3 is 7.12 Å². The first-order valence-corrected chi connectivity index (χ1v) is 3.87. The molecule has 0 amide bonds. The standard InChI is InChI=1S/C7H9BClNO2/c9-7-3-5(4-10)1-2-6(7)8(11)12/h1-3,11-12H,4,10H2. The fourth-order valence-electron chi connectivity index (χ4n) is 0.907. The second-order valence-corrected chi connectivity index (χ2v) is 2.84. The molecule has 1 aromatic rings. The van der Waals surface area contributed by atoms with E-state index in [1.165, 1.54) is 0 Å². The minimum atomic E-state index is -1.52. The van der Waals surface area contributed by atoms with Crippen LogP contribution in [0, 0.1) is 0 Å². The van der Waals surface area contributed by atoms with Crippen molar-refractivity contribution in [2.45, 2.75) is 6.54 Å². The Morgan fingerprint density at radius 1 is 1.42 bits per heavy atom.